The third-order valence-corrected chi connectivity index (χ3v) is 4.37. The van der Waals surface area contributed by atoms with E-state index in [2.05, 4.69) is 63.3 Å². The lowest BCUT2D eigenvalue weighted by Crippen LogP contribution is -2.18. The molecule has 2 aromatic rings. The van der Waals surface area contributed by atoms with Gasteiger partial charge in [-0.05, 0) is 55.4 Å². The van der Waals surface area contributed by atoms with Crippen LogP contribution >= 0.6 is 27.7 Å². The molecule has 1 atom stereocenters. The van der Waals surface area contributed by atoms with Gasteiger partial charge in [-0.25, -0.2) is 9.97 Å². The average Bonchev–Trinajstić information content (AvgIpc) is 2.42. The molecule has 0 amide bonds. The molecular weight excluding hydrogens is 334 g/mol. The minimum Gasteiger partial charge on any atom is -0.310 e. The van der Waals surface area contributed by atoms with E-state index in [9.17, 15) is 0 Å². The summed E-state index contributed by atoms with van der Waals surface area (Å²) in [5.41, 5.74) is 2.34. The summed E-state index contributed by atoms with van der Waals surface area (Å²) in [7, 11) is 0. The van der Waals surface area contributed by atoms with Gasteiger partial charge in [-0.3, -0.25) is 0 Å². The van der Waals surface area contributed by atoms with Gasteiger partial charge < -0.3 is 5.32 Å². The molecule has 0 aliphatic rings. The van der Waals surface area contributed by atoms with Gasteiger partial charge in [-0.1, -0.05) is 28.9 Å². The van der Waals surface area contributed by atoms with Gasteiger partial charge in [0.15, 0.2) is 5.16 Å². The van der Waals surface area contributed by atoms with Gasteiger partial charge in [0.2, 0.25) is 0 Å². The minimum atomic E-state index is 0.307. The molecule has 3 nitrogen and oxygen atoms in total. The third kappa shape index (κ3) is 4.04. The fourth-order valence-electron chi connectivity index (χ4n) is 1.90. The zero-order valence-corrected chi connectivity index (χ0v) is 14.3. The smallest absolute Gasteiger partial charge is 0.192 e. The highest BCUT2D eigenvalue weighted by molar-refractivity contribution is 9.10. The van der Waals surface area contributed by atoms with Gasteiger partial charge in [0.1, 0.15) is 0 Å². The zero-order chi connectivity index (χ0) is 14.5. The monoisotopic (exact) mass is 351 g/mol. The topological polar surface area (TPSA) is 37.8 Å². The molecule has 0 fully saturated rings. The van der Waals surface area contributed by atoms with Crippen molar-refractivity contribution >= 4 is 27.7 Å². The highest BCUT2D eigenvalue weighted by atomic mass is 79.9. The molecule has 1 aromatic heterocycles. The van der Waals surface area contributed by atoms with E-state index in [4.69, 9.17) is 0 Å². The van der Waals surface area contributed by atoms with E-state index >= 15 is 0 Å². The zero-order valence-electron chi connectivity index (χ0n) is 11.9. The summed E-state index contributed by atoms with van der Waals surface area (Å²) in [6.45, 7) is 7.23. The van der Waals surface area contributed by atoms with Crippen molar-refractivity contribution in [3.8, 4) is 0 Å². The number of aryl methyl sites for hydroxylation is 1. The molecule has 0 aliphatic heterocycles. The van der Waals surface area contributed by atoms with E-state index < -0.39 is 0 Å². The van der Waals surface area contributed by atoms with E-state index in [1.54, 1.807) is 11.8 Å². The van der Waals surface area contributed by atoms with Crippen molar-refractivity contribution in [2.24, 2.45) is 0 Å². The Labute approximate surface area is 132 Å². The lowest BCUT2D eigenvalue weighted by Gasteiger charge is -2.16. The Morgan fingerprint density at radius 1 is 1.30 bits per heavy atom. The number of aromatic nitrogens is 2. The van der Waals surface area contributed by atoms with Crippen molar-refractivity contribution in [2.45, 2.75) is 36.9 Å². The third-order valence-electron chi connectivity index (χ3n) is 2.91. The Hall–Kier alpha value is -0.910. The number of nitrogens with zero attached hydrogens (tertiary/aromatic N) is 2. The standard InChI is InChI=1S/C15H18BrN3S/c1-4-17-11(3)13-6-5-12(16)7-14(13)20-15-18-8-10(2)9-19-15/h5-9,11,17H,4H2,1-3H3. The molecule has 106 valence electrons. The van der Waals surface area contributed by atoms with Gasteiger partial charge in [0.05, 0.1) is 0 Å². The van der Waals surface area contributed by atoms with Crippen LogP contribution in [-0.2, 0) is 0 Å². The van der Waals surface area contributed by atoms with E-state index in [0.29, 0.717) is 6.04 Å². The summed E-state index contributed by atoms with van der Waals surface area (Å²) in [5.74, 6) is 0. The van der Waals surface area contributed by atoms with Crippen molar-refractivity contribution in [1.82, 2.24) is 15.3 Å². The SMILES string of the molecule is CCNC(C)c1ccc(Br)cc1Sc1ncc(C)cn1. The number of nitrogens with one attached hydrogen (secondary N) is 1. The van der Waals surface area contributed by atoms with E-state index in [0.717, 1.165) is 21.7 Å². The summed E-state index contributed by atoms with van der Waals surface area (Å²) in [5, 5.41) is 4.22. The summed E-state index contributed by atoms with van der Waals surface area (Å²) >= 11 is 5.13. The van der Waals surface area contributed by atoms with Crippen LogP contribution < -0.4 is 5.32 Å². The molecule has 2 rings (SSSR count). The Bertz CT molecular complexity index is 572. The van der Waals surface area contributed by atoms with Crippen LogP contribution in [0.2, 0.25) is 0 Å². The predicted molar refractivity (Wildman–Crippen MR) is 87.1 cm³/mol. The first-order valence-corrected chi connectivity index (χ1v) is 8.20. The van der Waals surface area contributed by atoms with Crippen LogP contribution in [0.5, 0.6) is 0 Å². The molecule has 20 heavy (non-hydrogen) atoms. The van der Waals surface area contributed by atoms with Gasteiger partial charge in [0, 0.05) is 27.8 Å². The largest absolute Gasteiger partial charge is 0.310 e. The van der Waals surface area contributed by atoms with Gasteiger partial charge in [-0.2, -0.15) is 0 Å². The molecule has 1 unspecified atom stereocenters. The maximum absolute atomic E-state index is 4.37. The highest BCUT2D eigenvalue weighted by Gasteiger charge is 2.12. The summed E-state index contributed by atoms with van der Waals surface area (Å²) < 4.78 is 1.07. The number of benzene rings is 1. The first-order valence-electron chi connectivity index (χ1n) is 6.59. The van der Waals surface area contributed by atoms with Gasteiger partial charge in [0.25, 0.3) is 0 Å². The van der Waals surface area contributed by atoms with E-state index in [-0.39, 0.29) is 0 Å². The second-order valence-corrected chi connectivity index (χ2v) is 6.53. The lowest BCUT2D eigenvalue weighted by molar-refractivity contribution is 0.589. The summed E-state index contributed by atoms with van der Waals surface area (Å²) in [6, 6.07) is 6.65. The quantitative estimate of drug-likeness (QED) is 0.811. The van der Waals surface area contributed by atoms with Crippen LogP contribution in [0.4, 0.5) is 0 Å². The Kier molecular flexibility index (Phi) is 5.57. The normalized spacial score (nSPS) is 12.4. The van der Waals surface area contributed by atoms with Crippen LogP contribution in [0.15, 0.2) is 45.1 Å². The van der Waals surface area contributed by atoms with Crippen molar-refractivity contribution in [1.29, 1.82) is 0 Å². The molecule has 0 saturated carbocycles. The Balaban J connectivity index is 2.29. The van der Waals surface area contributed by atoms with Crippen LogP contribution in [0.25, 0.3) is 0 Å². The second kappa shape index (κ2) is 7.20. The molecule has 1 N–H and O–H groups in total. The minimum absolute atomic E-state index is 0.307. The van der Waals surface area contributed by atoms with Crippen molar-refractivity contribution in [3.63, 3.8) is 0 Å². The number of hydrogen-bond acceptors (Lipinski definition) is 4. The van der Waals surface area contributed by atoms with Gasteiger partial charge >= 0.3 is 0 Å². The lowest BCUT2D eigenvalue weighted by atomic mass is 10.1. The molecular formula is C15H18BrN3S. The van der Waals surface area contributed by atoms with Crippen LogP contribution in [0.1, 0.15) is 31.0 Å². The second-order valence-electron chi connectivity index (χ2n) is 4.61. The molecule has 0 saturated heterocycles. The molecule has 0 aliphatic carbocycles. The number of halogens is 1. The van der Waals surface area contributed by atoms with Crippen molar-refractivity contribution in [3.05, 3.63) is 46.2 Å². The first-order chi connectivity index (χ1) is 9.60. The summed E-state index contributed by atoms with van der Waals surface area (Å²) in [4.78, 5) is 9.91. The molecule has 1 aromatic carbocycles. The molecule has 0 radical (unpaired) electrons. The van der Waals surface area contributed by atoms with Gasteiger partial charge in [-0.15, -0.1) is 0 Å². The maximum atomic E-state index is 4.37. The van der Waals surface area contributed by atoms with Crippen LogP contribution in [-0.4, -0.2) is 16.5 Å². The van der Waals surface area contributed by atoms with Crippen LogP contribution in [0.3, 0.4) is 0 Å². The molecule has 0 bridgehead atoms. The Morgan fingerprint density at radius 3 is 2.65 bits per heavy atom. The Morgan fingerprint density at radius 2 is 2.00 bits per heavy atom. The number of rotatable bonds is 5. The first kappa shape index (κ1) is 15.5. The average molecular weight is 352 g/mol. The molecule has 1 heterocycles. The highest BCUT2D eigenvalue weighted by Crippen LogP contribution is 2.33. The number of hydrogen-bond donors (Lipinski definition) is 1. The van der Waals surface area contributed by atoms with Crippen molar-refractivity contribution in [2.75, 3.05) is 6.54 Å². The summed E-state index contributed by atoms with van der Waals surface area (Å²) in [6.07, 6.45) is 3.70. The van der Waals surface area contributed by atoms with Crippen molar-refractivity contribution < 1.29 is 0 Å². The fourth-order valence-corrected chi connectivity index (χ4v) is 3.37. The predicted octanol–water partition coefficient (Wildman–Crippen LogP) is 4.37. The van der Waals surface area contributed by atoms with Crippen LogP contribution in [0, 0.1) is 6.92 Å². The van der Waals surface area contributed by atoms with E-state index in [1.165, 1.54) is 10.5 Å². The van der Waals surface area contributed by atoms with E-state index in [1.807, 2.05) is 19.3 Å². The molecule has 5 heteroatoms. The molecule has 0 spiro atoms. The maximum Gasteiger partial charge on any atom is 0.192 e. The fraction of sp³-hybridized carbons (Fsp3) is 0.333.